The summed E-state index contributed by atoms with van der Waals surface area (Å²) in [7, 11) is -2.67. The molecule has 0 atom stereocenters. The molecule has 0 fully saturated rings. The zero-order chi connectivity index (χ0) is 15.5. The van der Waals surface area contributed by atoms with Gasteiger partial charge in [0.1, 0.15) is 11.3 Å². The van der Waals surface area contributed by atoms with E-state index >= 15 is 0 Å². The molecule has 0 aliphatic carbocycles. The van der Waals surface area contributed by atoms with E-state index in [0.717, 1.165) is 6.07 Å². The van der Waals surface area contributed by atoms with Gasteiger partial charge in [-0.05, 0) is 18.2 Å². The molecule has 0 radical (unpaired) electrons. The molecule has 2 rings (SSSR count). The van der Waals surface area contributed by atoms with Gasteiger partial charge >= 0.3 is 5.97 Å². The van der Waals surface area contributed by atoms with Crippen LogP contribution in [-0.4, -0.2) is 36.6 Å². The number of ether oxygens (including phenoxy) is 1. The highest BCUT2D eigenvalue weighted by Gasteiger charge is 2.20. The molecular weight excluding hydrogens is 298 g/mol. The number of sulfonamides is 1. The Bertz CT molecular complexity index is 762. The average Bonchev–Trinajstić information content (AvgIpc) is 2.47. The van der Waals surface area contributed by atoms with Crippen molar-refractivity contribution in [1.29, 1.82) is 0 Å². The molecule has 2 aromatic rings. The van der Waals surface area contributed by atoms with Crippen LogP contribution in [0.25, 0.3) is 0 Å². The molecule has 0 spiro atoms. The molecular formula is C12H11N3O5S. The lowest BCUT2D eigenvalue weighted by molar-refractivity contribution is 0.0693. The highest BCUT2D eigenvalue weighted by Crippen LogP contribution is 2.23. The van der Waals surface area contributed by atoms with Crippen LogP contribution in [0.1, 0.15) is 10.4 Å². The van der Waals surface area contributed by atoms with Crippen molar-refractivity contribution in [3.63, 3.8) is 0 Å². The van der Waals surface area contributed by atoms with E-state index in [9.17, 15) is 13.2 Å². The first-order chi connectivity index (χ1) is 9.94. The molecule has 0 saturated heterocycles. The Hall–Kier alpha value is -2.68. The number of aromatic carboxylic acids is 1. The molecule has 110 valence electrons. The summed E-state index contributed by atoms with van der Waals surface area (Å²) in [6.45, 7) is 0. The third kappa shape index (κ3) is 3.26. The molecule has 0 amide bonds. The van der Waals surface area contributed by atoms with Gasteiger partial charge in [-0.1, -0.05) is 0 Å². The van der Waals surface area contributed by atoms with Crippen molar-refractivity contribution < 1.29 is 23.1 Å². The van der Waals surface area contributed by atoms with Crippen LogP contribution in [0.3, 0.4) is 0 Å². The number of benzene rings is 1. The second-order valence-corrected chi connectivity index (χ2v) is 5.55. The van der Waals surface area contributed by atoms with Crippen molar-refractivity contribution in [2.45, 2.75) is 4.90 Å². The summed E-state index contributed by atoms with van der Waals surface area (Å²) in [5.74, 6) is -1.19. The van der Waals surface area contributed by atoms with Crippen molar-refractivity contribution in [2.75, 3.05) is 11.8 Å². The Kier molecular flexibility index (Phi) is 4.03. The third-order valence-corrected chi connectivity index (χ3v) is 3.87. The normalized spacial score (nSPS) is 10.9. The quantitative estimate of drug-likeness (QED) is 0.845. The van der Waals surface area contributed by atoms with E-state index in [1.807, 2.05) is 0 Å². The number of anilines is 1. The Morgan fingerprint density at radius 2 is 2.10 bits per heavy atom. The maximum absolute atomic E-state index is 12.2. The zero-order valence-corrected chi connectivity index (χ0v) is 11.7. The first-order valence-corrected chi connectivity index (χ1v) is 7.12. The van der Waals surface area contributed by atoms with Gasteiger partial charge in [-0.15, -0.1) is 0 Å². The van der Waals surface area contributed by atoms with E-state index in [2.05, 4.69) is 14.7 Å². The Morgan fingerprint density at radius 1 is 1.33 bits per heavy atom. The highest BCUT2D eigenvalue weighted by molar-refractivity contribution is 7.92. The largest absolute Gasteiger partial charge is 0.496 e. The SMILES string of the molecule is COc1ccc(S(=O)(=O)Nc2cnccn2)cc1C(=O)O. The summed E-state index contributed by atoms with van der Waals surface area (Å²) in [5.41, 5.74) is -0.250. The van der Waals surface area contributed by atoms with Crippen LogP contribution in [0, 0.1) is 0 Å². The van der Waals surface area contributed by atoms with E-state index < -0.39 is 16.0 Å². The lowest BCUT2D eigenvalue weighted by Gasteiger charge is -2.09. The predicted octanol–water partition coefficient (Wildman–Crippen LogP) is 0.984. The van der Waals surface area contributed by atoms with Crippen molar-refractivity contribution >= 4 is 21.8 Å². The van der Waals surface area contributed by atoms with Crippen molar-refractivity contribution in [3.05, 3.63) is 42.4 Å². The summed E-state index contributed by atoms with van der Waals surface area (Å²) < 4.78 is 31.4. The topological polar surface area (TPSA) is 118 Å². The van der Waals surface area contributed by atoms with Crippen molar-refractivity contribution in [1.82, 2.24) is 9.97 Å². The van der Waals surface area contributed by atoms with Gasteiger partial charge in [0.2, 0.25) is 0 Å². The van der Waals surface area contributed by atoms with Crippen LogP contribution >= 0.6 is 0 Å². The number of hydrogen-bond donors (Lipinski definition) is 2. The summed E-state index contributed by atoms with van der Waals surface area (Å²) in [6.07, 6.45) is 3.96. The van der Waals surface area contributed by atoms with Crippen LogP contribution in [0.2, 0.25) is 0 Å². The van der Waals surface area contributed by atoms with Crippen LogP contribution in [0.15, 0.2) is 41.7 Å². The monoisotopic (exact) mass is 309 g/mol. The Morgan fingerprint density at radius 3 is 2.67 bits per heavy atom. The van der Waals surface area contributed by atoms with E-state index in [0.29, 0.717) is 0 Å². The van der Waals surface area contributed by atoms with Gasteiger partial charge in [0.15, 0.2) is 5.82 Å². The van der Waals surface area contributed by atoms with E-state index in [-0.39, 0.29) is 22.0 Å². The fourth-order valence-corrected chi connectivity index (χ4v) is 2.59. The van der Waals surface area contributed by atoms with E-state index in [4.69, 9.17) is 9.84 Å². The maximum Gasteiger partial charge on any atom is 0.339 e. The van der Waals surface area contributed by atoms with Crippen LogP contribution < -0.4 is 9.46 Å². The van der Waals surface area contributed by atoms with Crippen LogP contribution in [0.4, 0.5) is 5.82 Å². The van der Waals surface area contributed by atoms with Gasteiger partial charge in [0.05, 0.1) is 18.2 Å². The molecule has 1 aromatic carbocycles. The first kappa shape index (κ1) is 14.7. The number of carbonyl (C=O) groups is 1. The molecule has 0 unspecified atom stereocenters. The van der Waals surface area contributed by atoms with Crippen LogP contribution in [-0.2, 0) is 10.0 Å². The van der Waals surface area contributed by atoms with Gasteiger partial charge in [0.25, 0.3) is 10.0 Å². The molecule has 2 N–H and O–H groups in total. The number of nitrogens with zero attached hydrogens (tertiary/aromatic N) is 2. The summed E-state index contributed by atoms with van der Waals surface area (Å²) in [4.78, 5) is 18.4. The minimum atomic E-state index is -3.97. The molecule has 0 bridgehead atoms. The maximum atomic E-state index is 12.2. The molecule has 21 heavy (non-hydrogen) atoms. The van der Waals surface area contributed by atoms with Crippen molar-refractivity contribution in [2.24, 2.45) is 0 Å². The molecule has 9 heteroatoms. The van der Waals surface area contributed by atoms with Gasteiger partial charge in [-0.3, -0.25) is 9.71 Å². The van der Waals surface area contributed by atoms with Gasteiger partial charge in [-0.25, -0.2) is 18.2 Å². The lowest BCUT2D eigenvalue weighted by atomic mass is 10.2. The smallest absolute Gasteiger partial charge is 0.339 e. The van der Waals surface area contributed by atoms with Gasteiger partial charge in [0, 0.05) is 12.4 Å². The number of rotatable bonds is 5. The zero-order valence-electron chi connectivity index (χ0n) is 10.8. The second-order valence-electron chi connectivity index (χ2n) is 3.86. The van der Waals surface area contributed by atoms with Crippen LogP contribution in [0.5, 0.6) is 5.75 Å². The van der Waals surface area contributed by atoms with E-state index in [1.165, 1.54) is 37.8 Å². The second kappa shape index (κ2) is 5.75. The Balaban J connectivity index is 2.41. The highest BCUT2D eigenvalue weighted by atomic mass is 32.2. The Labute approximate surface area is 120 Å². The molecule has 1 heterocycles. The first-order valence-electron chi connectivity index (χ1n) is 5.64. The number of carboxylic acid groups (broad SMARTS) is 1. The molecule has 1 aromatic heterocycles. The average molecular weight is 309 g/mol. The number of nitrogens with one attached hydrogen (secondary N) is 1. The minimum absolute atomic E-state index is 0.0326. The fraction of sp³-hybridized carbons (Fsp3) is 0.0833. The molecule has 8 nitrogen and oxygen atoms in total. The lowest BCUT2D eigenvalue weighted by Crippen LogP contribution is -2.15. The minimum Gasteiger partial charge on any atom is -0.496 e. The summed E-state index contributed by atoms with van der Waals surface area (Å²) in [5, 5.41) is 9.06. The fourth-order valence-electron chi connectivity index (χ4n) is 1.57. The van der Waals surface area contributed by atoms with Gasteiger partial charge in [-0.2, -0.15) is 0 Å². The number of aromatic nitrogens is 2. The van der Waals surface area contributed by atoms with Crippen molar-refractivity contribution in [3.8, 4) is 5.75 Å². The summed E-state index contributed by atoms with van der Waals surface area (Å²) in [6, 6.07) is 3.53. The summed E-state index contributed by atoms with van der Waals surface area (Å²) >= 11 is 0. The molecule has 0 saturated carbocycles. The molecule has 0 aliphatic heterocycles. The van der Waals surface area contributed by atoms with Gasteiger partial charge < -0.3 is 9.84 Å². The number of hydrogen-bond acceptors (Lipinski definition) is 6. The third-order valence-electron chi connectivity index (χ3n) is 2.51. The van der Waals surface area contributed by atoms with E-state index in [1.54, 1.807) is 0 Å². The standard InChI is InChI=1S/C12H11N3O5S/c1-20-10-3-2-8(6-9(10)12(16)17)21(18,19)15-11-7-13-4-5-14-11/h2-7H,1H3,(H,14,15)(H,16,17). The number of methoxy groups -OCH3 is 1. The number of carboxylic acids is 1. The molecule has 0 aliphatic rings. The predicted molar refractivity (Wildman–Crippen MR) is 72.8 cm³/mol.